The van der Waals surface area contributed by atoms with Crippen LogP contribution in [0, 0.1) is 0 Å². The van der Waals surface area contributed by atoms with Gasteiger partial charge in [0.2, 0.25) is 0 Å². The molecule has 0 amide bonds. The van der Waals surface area contributed by atoms with Gasteiger partial charge in [0.25, 0.3) is 0 Å². The normalized spacial score (nSPS) is 32.5. The molecule has 8 heteroatoms. The van der Waals surface area contributed by atoms with E-state index >= 15 is 0 Å². The van der Waals surface area contributed by atoms with E-state index < -0.39 is 37.2 Å². The van der Waals surface area contributed by atoms with Crippen molar-refractivity contribution in [3.8, 4) is 5.75 Å². The Labute approximate surface area is 140 Å². The second-order valence-electron chi connectivity index (χ2n) is 6.08. The first kappa shape index (κ1) is 19.1. The summed E-state index contributed by atoms with van der Waals surface area (Å²) in [6.07, 6.45) is -5.79. The van der Waals surface area contributed by atoms with Gasteiger partial charge < -0.3 is 36.0 Å². The second kappa shape index (κ2) is 8.21. The number of likely N-dealkylation sites (tertiary alicyclic amines) is 1. The Morgan fingerprint density at radius 2 is 1.71 bits per heavy atom. The summed E-state index contributed by atoms with van der Waals surface area (Å²) in [7, 11) is 0. The van der Waals surface area contributed by atoms with Crippen molar-refractivity contribution in [2.75, 3.05) is 19.8 Å². The van der Waals surface area contributed by atoms with Gasteiger partial charge in [0.1, 0.15) is 36.9 Å². The number of piperidine rings is 1. The summed E-state index contributed by atoms with van der Waals surface area (Å²) in [5.74, 6) is 0.618. The lowest BCUT2D eigenvalue weighted by atomic mass is 9.93. The average Bonchev–Trinajstić information content (AvgIpc) is 2.58. The van der Waals surface area contributed by atoms with Gasteiger partial charge in [-0.1, -0.05) is 12.1 Å². The Hall–Kier alpha value is -1.26. The molecule has 0 aliphatic carbocycles. The van der Waals surface area contributed by atoms with E-state index in [4.69, 9.17) is 10.5 Å². The molecule has 6 atom stereocenters. The highest BCUT2D eigenvalue weighted by Gasteiger charge is 2.46. The highest BCUT2D eigenvalue weighted by Crippen LogP contribution is 2.23. The summed E-state index contributed by atoms with van der Waals surface area (Å²) in [6, 6.07) is 6.32. The zero-order valence-corrected chi connectivity index (χ0v) is 13.6. The minimum absolute atomic E-state index is 0.0673. The number of hydrogen-bond donors (Lipinski definition) is 6. The largest absolute Gasteiger partial charge is 0.492 e. The van der Waals surface area contributed by atoms with E-state index in [2.05, 4.69) is 0 Å². The van der Waals surface area contributed by atoms with Crippen molar-refractivity contribution >= 4 is 0 Å². The Morgan fingerprint density at radius 1 is 1.08 bits per heavy atom. The number of aliphatic hydroxyl groups excluding tert-OH is 5. The van der Waals surface area contributed by atoms with Gasteiger partial charge in [0, 0.05) is 12.6 Å². The predicted molar refractivity (Wildman–Crippen MR) is 86.1 cm³/mol. The molecular formula is C16H26N2O6. The molecule has 7 N–H and O–H groups in total. The quantitative estimate of drug-likeness (QED) is 0.355. The molecule has 1 aliphatic rings. The molecule has 0 bridgehead atoms. The van der Waals surface area contributed by atoms with Crippen molar-refractivity contribution < 1.29 is 30.3 Å². The topological polar surface area (TPSA) is 140 Å². The van der Waals surface area contributed by atoms with Crippen molar-refractivity contribution in [1.29, 1.82) is 0 Å². The Bertz CT molecular complexity index is 512. The first-order chi connectivity index (χ1) is 11.4. The van der Waals surface area contributed by atoms with Gasteiger partial charge in [-0.05, 0) is 24.6 Å². The maximum atomic E-state index is 10.0. The van der Waals surface area contributed by atoms with Gasteiger partial charge in [0.05, 0.1) is 12.6 Å². The van der Waals surface area contributed by atoms with E-state index in [9.17, 15) is 25.5 Å². The van der Waals surface area contributed by atoms with Crippen molar-refractivity contribution in [2.24, 2.45) is 5.73 Å². The third kappa shape index (κ3) is 4.04. The van der Waals surface area contributed by atoms with E-state index in [1.54, 1.807) is 12.1 Å². The Morgan fingerprint density at radius 3 is 2.25 bits per heavy atom. The molecule has 1 heterocycles. The molecule has 0 spiro atoms. The lowest BCUT2D eigenvalue weighted by molar-refractivity contribution is -0.223. The van der Waals surface area contributed by atoms with E-state index in [0.29, 0.717) is 5.75 Å². The summed E-state index contributed by atoms with van der Waals surface area (Å²) >= 11 is 0. The molecular weight excluding hydrogens is 316 g/mol. The molecule has 1 aromatic carbocycles. The number of nitrogens with zero attached hydrogens (tertiary/aromatic N) is 1. The minimum Gasteiger partial charge on any atom is -0.492 e. The van der Waals surface area contributed by atoms with E-state index in [0.717, 1.165) is 5.56 Å². The van der Waals surface area contributed by atoms with Crippen LogP contribution < -0.4 is 10.5 Å². The summed E-state index contributed by atoms with van der Waals surface area (Å²) < 4.78 is 5.58. The van der Waals surface area contributed by atoms with Gasteiger partial charge in [-0.3, -0.25) is 4.90 Å². The summed E-state index contributed by atoms with van der Waals surface area (Å²) in [6.45, 7) is 1.74. The van der Waals surface area contributed by atoms with Crippen LogP contribution in [-0.2, 0) is 0 Å². The first-order valence-electron chi connectivity index (χ1n) is 7.94. The van der Waals surface area contributed by atoms with Crippen molar-refractivity contribution in [3.63, 3.8) is 0 Å². The van der Waals surface area contributed by atoms with Gasteiger partial charge >= 0.3 is 0 Å². The van der Waals surface area contributed by atoms with Crippen LogP contribution in [0.4, 0.5) is 0 Å². The smallest absolute Gasteiger partial charge is 0.136 e. The van der Waals surface area contributed by atoms with E-state index in [-0.39, 0.29) is 19.2 Å². The summed E-state index contributed by atoms with van der Waals surface area (Å²) in [4.78, 5) is 1.32. The number of aliphatic hydroxyl groups is 5. The zero-order chi connectivity index (χ0) is 17.9. The SMILES string of the molecule is CC(N)c1ccc(OCCN2C(O)[C@H](O)[C@@H](O)[C@H](O)[C@H]2CO)cc1. The van der Waals surface area contributed by atoms with Crippen molar-refractivity contribution in [1.82, 2.24) is 4.90 Å². The molecule has 1 saturated heterocycles. The average molecular weight is 342 g/mol. The molecule has 2 unspecified atom stereocenters. The zero-order valence-electron chi connectivity index (χ0n) is 13.6. The van der Waals surface area contributed by atoms with E-state index in [1.807, 2.05) is 19.1 Å². The fourth-order valence-corrected chi connectivity index (χ4v) is 2.84. The van der Waals surface area contributed by atoms with Crippen LogP contribution in [-0.4, -0.2) is 80.8 Å². The van der Waals surface area contributed by atoms with Crippen LogP contribution in [0.1, 0.15) is 18.5 Å². The Kier molecular flexibility index (Phi) is 6.53. The second-order valence-corrected chi connectivity index (χ2v) is 6.08. The lowest BCUT2D eigenvalue weighted by Gasteiger charge is -2.46. The lowest BCUT2D eigenvalue weighted by Crippen LogP contribution is -2.67. The first-order valence-corrected chi connectivity index (χ1v) is 7.94. The molecule has 136 valence electrons. The van der Waals surface area contributed by atoms with Crippen LogP contribution in [0.15, 0.2) is 24.3 Å². The molecule has 0 radical (unpaired) electrons. The molecule has 0 aromatic heterocycles. The minimum atomic E-state index is -1.52. The fraction of sp³-hybridized carbons (Fsp3) is 0.625. The monoisotopic (exact) mass is 342 g/mol. The molecule has 1 aliphatic heterocycles. The molecule has 0 saturated carbocycles. The predicted octanol–water partition coefficient (Wildman–Crippen LogP) is -1.84. The Balaban J connectivity index is 1.94. The van der Waals surface area contributed by atoms with Crippen LogP contribution in [0.2, 0.25) is 0 Å². The van der Waals surface area contributed by atoms with Crippen molar-refractivity contribution in [2.45, 2.75) is 43.5 Å². The highest BCUT2D eigenvalue weighted by atomic mass is 16.5. The highest BCUT2D eigenvalue weighted by molar-refractivity contribution is 5.28. The molecule has 2 rings (SSSR count). The number of hydrogen-bond acceptors (Lipinski definition) is 8. The van der Waals surface area contributed by atoms with Crippen LogP contribution >= 0.6 is 0 Å². The van der Waals surface area contributed by atoms with Crippen LogP contribution in [0.5, 0.6) is 5.75 Å². The summed E-state index contributed by atoms with van der Waals surface area (Å²) in [5.41, 5.74) is 6.76. The van der Waals surface area contributed by atoms with Gasteiger partial charge in [-0.15, -0.1) is 0 Å². The van der Waals surface area contributed by atoms with Crippen molar-refractivity contribution in [3.05, 3.63) is 29.8 Å². The number of ether oxygens (including phenoxy) is 1. The number of rotatable bonds is 6. The number of nitrogens with two attached hydrogens (primary N) is 1. The molecule has 1 aromatic rings. The molecule has 1 fully saturated rings. The third-order valence-corrected chi connectivity index (χ3v) is 4.38. The van der Waals surface area contributed by atoms with E-state index in [1.165, 1.54) is 4.90 Å². The fourth-order valence-electron chi connectivity index (χ4n) is 2.84. The maximum absolute atomic E-state index is 10.0. The third-order valence-electron chi connectivity index (χ3n) is 4.38. The van der Waals surface area contributed by atoms with Crippen LogP contribution in [0.25, 0.3) is 0 Å². The standard InChI is InChI=1S/C16H26N2O6/c1-9(17)10-2-4-11(5-3-10)24-7-6-18-12(8-19)13(20)14(21)15(22)16(18)23/h2-5,9,12-16,19-23H,6-8,17H2,1H3/t9?,12-,13-,14+,15-,16?/m1/s1. The number of benzene rings is 1. The van der Waals surface area contributed by atoms with Gasteiger partial charge in [-0.2, -0.15) is 0 Å². The molecule has 8 nitrogen and oxygen atoms in total. The maximum Gasteiger partial charge on any atom is 0.136 e. The summed E-state index contributed by atoms with van der Waals surface area (Å²) in [5, 5.41) is 48.8. The van der Waals surface area contributed by atoms with Gasteiger partial charge in [0.15, 0.2) is 0 Å². The van der Waals surface area contributed by atoms with Gasteiger partial charge in [-0.25, -0.2) is 0 Å². The molecule has 24 heavy (non-hydrogen) atoms. The van der Waals surface area contributed by atoms with Crippen LogP contribution in [0.3, 0.4) is 0 Å².